The van der Waals surface area contributed by atoms with Crippen molar-refractivity contribution in [1.29, 1.82) is 0 Å². The maximum Gasteiger partial charge on any atom is 0.293 e. The largest absolute Gasteiger partial charge is 0.438 e. The van der Waals surface area contributed by atoms with Crippen LogP contribution in [0, 0.1) is 0 Å². The van der Waals surface area contributed by atoms with Crippen LogP contribution in [0.4, 0.5) is 11.4 Å². The van der Waals surface area contributed by atoms with Crippen molar-refractivity contribution < 1.29 is 9.21 Å². The topological polar surface area (TPSA) is 58.4 Å². The maximum atomic E-state index is 11.8. The number of hydrogen-bond acceptors (Lipinski definition) is 4. The van der Waals surface area contributed by atoms with Crippen LogP contribution in [0.1, 0.15) is 23.4 Å². The Morgan fingerprint density at radius 3 is 2.58 bits per heavy atom. The standard InChI is InChI=1S/C14H15N3O2/c18-14(13-9-15-10-19-13)16-11-3-5-12(6-4-11)17-7-1-2-8-17/h3-6,9-10H,1-2,7-8H2,(H,16,18). The summed E-state index contributed by atoms with van der Waals surface area (Å²) in [7, 11) is 0. The second-order valence-corrected chi connectivity index (χ2v) is 4.56. The molecule has 2 heterocycles. The van der Waals surface area contributed by atoms with Crippen LogP contribution in [0.3, 0.4) is 0 Å². The smallest absolute Gasteiger partial charge is 0.293 e. The fraction of sp³-hybridized carbons (Fsp3) is 0.286. The highest BCUT2D eigenvalue weighted by atomic mass is 16.3. The second-order valence-electron chi connectivity index (χ2n) is 4.56. The van der Waals surface area contributed by atoms with E-state index in [0.29, 0.717) is 0 Å². The molecule has 1 aromatic carbocycles. The van der Waals surface area contributed by atoms with Gasteiger partial charge in [0, 0.05) is 24.5 Å². The van der Waals surface area contributed by atoms with Crippen molar-refractivity contribution in [3.05, 3.63) is 42.6 Å². The fourth-order valence-corrected chi connectivity index (χ4v) is 2.25. The Labute approximate surface area is 111 Å². The molecule has 5 heteroatoms. The first-order chi connectivity index (χ1) is 9.33. The van der Waals surface area contributed by atoms with Gasteiger partial charge in [-0.25, -0.2) is 4.98 Å². The first kappa shape index (κ1) is 11.8. The summed E-state index contributed by atoms with van der Waals surface area (Å²) in [4.78, 5) is 17.8. The molecule has 0 spiro atoms. The lowest BCUT2D eigenvalue weighted by Crippen LogP contribution is -2.17. The molecule has 1 fully saturated rings. The molecular weight excluding hydrogens is 242 g/mol. The van der Waals surface area contributed by atoms with E-state index in [-0.39, 0.29) is 11.7 Å². The van der Waals surface area contributed by atoms with Crippen molar-refractivity contribution in [3.63, 3.8) is 0 Å². The Morgan fingerprint density at radius 2 is 1.95 bits per heavy atom. The zero-order chi connectivity index (χ0) is 13.1. The molecule has 0 radical (unpaired) electrons. The summed E-state index contributed by atoms with van der Waals surface area (Å²) in [6, 6.07) is 7.87. The van der Waals surface area contributed by atoms with Crippen LogP contribution in [0.15, 0.2) is 41.3 Å². The molecule has 0 bridgehead atoms. The van der Waals surface area contributed by atoms with E-state index < -0.39 is 0 Å². The van der Waals surface area contributed by atoms with Crippen molar-refractivity contribution in [2.45, 2.75) is 12.8 Å². The molecular formula is C14H15N3O2. The number of anilines is 2. The number of nitrogens with one attached hydrogen (secondary N) is 1. The summed E-state index contributed by atoms with van der Waals surface area (Å²) < 4.78 is 4.94. The van der Waals surface area contributed by atoms with Crippen molar-refractivity contribution in [3.8, 4) is 0 Å². The first-order valence-corrected chi connectivity index (χ1v) is 6.38. The molecule has 0 aliphatic carbocycles. The van der Waals surface area contributed by atoms with Gasteiger partial charge >= 0.3 is 0 Å². The number of oxazole rings is 1. The number of amides is 1. The van der Waals surface area contributed by atoms with Crippen LogP contribution >= 0.6 is 0 Å². The van der Waals surface area contributed by atoms with Gasteiger partial charge in [-0.05, 0) is 37.1 Å². The molecule has 19 heavy (non-hydrogen) atoms. The number of carbonyl (C=O) groups is 1. The molecule has 1 N–H and O–H groups in total. The third kappa shape index (κ3) is 2.59. The van der Waals surface area contributed by atoms with E-state index in [4.69, 9.17) is 4.42 Å². The first-order valence-electron chi connectivity index (χ1n) is 6.38. The third-order valence-corrected chi connectivity index (χ3v) is 3.25. The van der Waals surface area contributed by atoms with Gasteiger partial charge in [0.05, 0.1) is 6.20 Å². The minimum absolute atomic E-state index is 0.212. The molecule has 1 aliphatic heterocycles. The Hall–Kier alpha value is -2.30. The summed E-state index contributed by atoms with van der Waals surface area (Å²) in [6.07, 6.45) is 5.15. The average molecular weight is 257 g/mol. The van der Waals surface area contributed by atoms with Gasteiger partial charge in [-0.3, -0.25) is 4.79 Å². The molecule has 1 saturated heterocycles. The maximum absolute atomic E-state index is 11.8. The molecule has 2 aromatic rings. The highest BCUT2D eigenvalue weighted by Gasteiger charge is 2.13. The van der Waals surface area contributed by atoms with E-state index in [1.54, 1.807) is 0 Å². The lowest BCUT2D eigenvalue weighted by atomic mass is 10.2. The number of carbonyl (C=O) groups excluding carboxylic acids is 1. The Balaban J connectivity index is 1.67. The van der Waals surface area contributed by atoms with Gasteiger partial charge in [0.2, 0.25) is 5.76 Å². The van der Waals surface area contributed by atoms with E-state index in [2.05, 4.69) is 15.2 Å². The van der Waals surface area contributed by atoms with Crippen LogP contribution in [0.5, 0.6) is 0 Å². The van der Waals surface area contributed by atoms with Crippen LogP contribution < -0.4 is 10.2 Å². The molecule has 1 aliphatic rings. The molecule has 3 rings (SSSR count). The van der Waals surface area contributed by atoms with Crippen LogP contribution in [0.25, 0.3) is 0 Å². The van der Waals surface area contributed by atoms with Gasteiger partial charge in [0.25, 0.3) is 5.91 Å². The number of nitrogens with zero attached hydrogens (tertiary/aromatic N) is 2. The number of rotatable bonds is 3. The monoisotopic (exact) mass is 257 g/mol. The van der Waals surface area contributed by atoms with Crippen LogP contribution in [0.2, 0.25) is 0 Å². The SMILES string of the molecule is O=C(Nc1ccc(N2CCCC2)cc1)c1cnco1. The van der Waals surface area contributed by atoms with Gasteiger partial charge in [-0.1, -0.05) is 0 Å². The van der Waals surface area contributed by atoms with Crippen molar-refractivity contribution >= 4 is 17.3 Å². The van der Waals surface area contributed by atoms with Gasteiger partial charge in [0.15, 0.2) is 6.39 Å². The summed E-state index contributed by atoms with van der Waals surface area (Å²) >= 11 is 0. The van der Waals surface area contributed by atoms with Crippen molar-refractivity contribution in [2.24, 2.45) is 0 Å². The average Bonchev–Trinajstić information content (AvgIpc) is 3.13. The molecule has 1 aromatic heterocycles. The van der Waals surface area contributed by atoms with E-state index in [9.17, 15) is 4.79 Å². The second kappa shape index (κ2) is 5.14. The van der Waals surface area contributed by atoms with Crippen molar-refractivity contribution in [2.75, 3.05) is 23.3 Å². The summed E-state index contributed by atoms with van der Waals surface area (Å²) in [5, 5.41) is 2.77. The van der Waals surface area contributed by atoms with Gasteiger partial charge in [-0.15, -0.1) is 0 Å². The highest BCUT2D eigenvalue weighted by molar-refractivity contribution is 6.02. The quantitative estimate of drug-likeness (QED) is 0.918. The summed E-state index contributed by atoms with van der Waals surface area (Å²) in [5.74, 6) is -0.0740. The lowest BCUT2D eigenvalue weighted by molar-refractivity contribution is 0.0996. The predicted molar refractivity (Wildman–Crippen MR) is 72.3 cm³/mol. The Morgan fingerprint density at radius 1 is 1.21 bits per heavy atom. The molecule has 5 nitrogen and oxygen atoms in total. The third-order valence-electron chi connectivity index (χ3n) is 3.25. The molecule has 0 atom stereocenters. The number of hydrogen-bond donors (Lipinski definition) is 1. The van der Waals surface area contributed by atoms with Crippen LogP contribution in [-0.4, -0.2) is 24.0 Å². The van der Waals surface area contributed by atoms with E-state index in [1.165, 1.54) is 31.1 Å². The zero-order valence-electron chi connectivity index (χ0n) is 10.5. The minimum atomic E-state index is -0.286. The number of benzene rings is 1. The van der Waals surface area contributed by atoms with Gasteiger partial charge in [0.1, 0.15) is 0 Å². The van der Waals surface area contributed by atoms with Gasteiger partial charge < -0.3 is 14.6 Å². The van der Waals surface area contributed by atoms with Gasteiger partial charge in [-0.2, -0.15) is 0 Å². The highest BCUT2D eigenvalue weighted by Crippen LogP contribution is 2.22. The molecule has 0 unspecified atom stereocenters. The van der Waals surface area contributed by atoms with Crippen LogP contribution in [-0.2, 0) is 0 Å². The lowest BCUT2D eigenvalue weighted by Gasteiger charge is -2.17. The predicted octanol–water partition coefficient (Wildman–Crippen LogP) is 2.53. The Bertz CT molecular complexity index is 543. The Kier molecular flexibility index (Phi) is 3.18. The molecule has 98 valence electrons. The fourth-order valence-electron chi connectivity index (χ4n) is 2.25. The minimum Gasteiger partial charge on any atom is -0.438 e. The summed E-state index contributed by atoms with van der Waals surface area (Å²) in [5.41, 5.74) is 1.96. The summed E-state index contributed by atoms with van der Waals surface area (Å²) in [6.45, 7) is 2.23. The van der Waals surface area contributed by atoms with E-state index in [0.717, 1.165) is 18.8 Å². The molecule has 0 saturated carbocycles. The molecule has 1 amide bonds. The van der Waals surface area contributed by atoms with E-state index >= 15 is 0 Å². The zero-order valence-corrected chi connectivity index (χ0v) is 10.5. The van der Waals surface area contributed by atoms with Crippen molar-refractivity contribution in [1.82, 2.24) is 4.98 Å². The van der Waals surface area contributed by atoms with E-state index in [1.807, 2.05) is 24.3 Å². The normalized spacial score (nSPS) is 14.6. The number of aromatic nitrogens is 1.